The Morgan fingerprint density at radius 3 is 2.56 bits per heavy atom. The van der Waals surface area contributed by atoms with Crippen LogP contribution in [0.25, 0.3) is 0 Å². The lowest BCUT2D eigenvalue weighted by molar-refractivity contribution is 0.246. The van der Waals surface area contributed by atoms with Crippen LogP contribution in [0.2, 0.25) is 0 Å². The van der Waals surface area contributed by atoms with Crippen molar-refractivity contribution in [1.29, 1.82) is 0 Å². The summed E-state index contributed by atoms with van der Waals surface area (Å²) in [5.74, 6) is 0.475. The third kappa shape index (κ3) is 1.43. The van der Waals surface area contributed by atoms with Gasteiger partial charge in [0.25, 0.3) is 0 Å². The lowest BCUT2D eigenvalue weighted by atomic mass is 9.81. The van der Waals surface area contributed by atoms with Crippen LogP contribution in [0.3, 0.4) is 0 Å². The van der Waals surface area contributed by atoms with E-state index >= 15 is 0 Å². The molecule has 0 saturated heterocycles. The molecule has 1 atom stereocenters. The van der Waals surface area contributed by atoms with E-state index < -0.39 is 5.66 Å². The van der Waals surface area contributed by atoms with Crippen molar-refractivity contribution in [2.75, 3.05) is 0 Å². The van der Waals surface area contributed by atoms with Crippen LogP contribution in [0, 0.1) is 12.3 Å². The molecule has 0 bridgehead atoms. The molecule has 9 heavy (non-hydrogen) atoms. The minimum atomic E-state index is -0.418. The van der Waals surface area contributed by atoms with Crippen LogP contribution in [0.1, 0.15) is 26.2 Å². The molecule has 1 rings (SSSR count). The van der Waals surface area contributed by atoms with E-state index in [4.69, 9.17) is 11.5 Å². The predicted octanol–water partition coefficient (Wildman–Crippen LogP) is 0.624. The van der Waals surface area contributed by atoms with Crippen molar-refractivity contribution in [3.63, 3.8) is 0 Å². The summed E-state index contributed by atoms with van der Waals surface area (Å²) in [5, 5.41) is 0. The zero-order valence-corrected chi connectivity index (χ0v) is 5.93. The fourth-order valence-corrected chi connectivity index (χ4v) is 1.19. The molecule has 1 saturated carbocycles. The highest BCUT2D eigenvalue weighted by Crippen LogP contribution is 2.26. The van der Waals surface area contributed by atoms with Gasteiger partial charge in [-0.15, -0.1) is 0 Å². The van der Waals surface area contributed by atoms with Crippen molar-refractivity contribution >= 4 is 0 Å². The first-order chi connectivity index (χ1) is 4.13. The van der Waals surface area contributed by atoms with Gasteiger partial charge in [-0.3, -0.25) is 0 Å². The standard InChI is InChI=1S/C7H15N2/c1-6-4-2-3-5-7(6,8)9/h3,6H,2,4-5,8-9H2,1H3. The van der Waals surface area contributed by atoms with E-state index in [-0.39, 0.29) is 0 Å². The topological polar surface area (TPSA) is 52.0 Å². The van der Waals surface area contributed by atoms with Crippen molar-refractivity contribution in [1.82, 2.24) is 0 Å². The maximum atomic E-state index is 5.77. The Morgan fingerprint density at radius 2 is 2.22 bits per heavy atom. The molecule has 0 aromatic rings. The summed E-state index contributed by atoms with van der Waals surface area (Å²) in [6, 6.07) is 0. The van der Waals surface area contributed by atoms with Crippen LogP contribution >= 0.6 is 0 Å². The maximum Gasteiger partial charge on any atom is 0.0665 e. The molecule has 0 heterocycles. The van der Waals surface area contributed by atoms with E-state index in [2.05, 4.69) is 13.3 Å². The van der Waals surface area contributed by atoms with Crippen LogP contribution in [0.4, 0.5) is 0 Å². The van der Waals surface area contributed by atoms with Crippen molar-refractivity contribution in [2.24, 2.45) is 17.4 Å². The highest BCUT2D eigenvalue weighted by molar-refractivity contribution is 4.93. The summed E-state index contributed by atoms with van der Waals surface area (Å²) >= 11 is 0. The molecule has 1 unspecified atom stereocenters. The Balaban J connectivity index is 2.49. The molecule has 0 amide bonds. The van der Waals surface area contributed by atoms with Gasteiger partial charge in [-0.05, 0) is 31.6 Å². The smallest absolute Gasteiger partial charge is 0.0665 e. The molecule has 0 aliphatic heterocycles. The lowest BCUT2D eigenvalue weighted by Gasteiger charge is -2.35. The van der Waals surface area contributed by atoms with Gasteiger partial charge in [0.1, 0.15) is 0 Å². The summed E-state index contributed by atoms with van der Waals surface area (Å²) in [6.07, 6.45) is 5.37. The van der Waals surface area contributed by atoms with Gasteiger partial charge in [-0.2, -0.15) is 0 Å². The molecule has 1 aliphatic rings. The van der Waals surface area contributed by atoms with Gasteiger partial charge >= 0.3 is 0 Å². The molecular weight excluding hydrogens is 112 g/mol. The monoisotopic (exact) mass is 127 g/mol. The summed E-state index contributed by atoms with van der Waals surface area (Å²) in [6.45, 7) is 2.12. The van der Waals surface area contributed by atoms with Gasteiger partial charge in [0.05, 0.1) is 5.66 Å². The third-order valence-electron chi connectivity index (χ3n) is 2.22. The van der Waals surface area contributed by atoms with E-state index in [0.717, 1.165) is 12.8 Å². The van der Waals surface area contributed by atoms with Crippen molar-refractivity contribution in [3.05, 3.63) is 6.42 Å². The largest absolute Gasteiger partial charge is 0.313 e. The fourth-order valence-electron chi connectivity index (χ4n) is 1.19. The lowest BCUT2D eigenvalue weighted by Crippen LogP contribution is -2.56. The molecular formula is C7H15N2. The second kappa shape index (κ2) is 2.27. The minimum Gasteiger partial charge on any atom is -0.313 e. The number of hydrogen-bond acceptors (Lipinski definition) is 2. The van der Waals surface area contributed by atoms with E-state index in [1.807, 2.05) is 0 Å². The fraction of sp³-hybridized carbons (Fsp3) is 0.857. The highest BCUT2D eigenvalue weighted by atomic mass is 15.0. The molecule has 1 fully saturated rings. The van der Waals surface area contributed by atoms with Crippen molar-refractivity contribution < 1.29 is 0 Å². The maximum absolute atomic E-state index is 5.77. The Bertz CT molecular complexity index is 99.1. The summed E-state index contributed by atoms with van der Waals surface area (Å²) in [5.41, 5.74) is 11.1. The molecule has 0 aromatic heterocycles. The summed E-state index contributed by atoms with van der Waals surface area (Å²) < 4.78 is 0. The Morgan fingerprint density at radius 1 is 1.56 bits per heavy atom. The Labute approximate surface area is 56.6 Å². The van der Waals surface area contributed by atoms with Crippen LogP contribution in [-0.2, 0) is 0 Å². The number of rotatable bonds is 0. The van der Waals surface area contributed by atoms with E-state index in [9.17, 15) is 0 Å². The van der Waals surface area contributed by atoms with E-state index in [1.54, 1.807) is 0 Å². The number of nitrogens with two attached hydrogens (primary N) is 2. The first-order valence-corrected chi connectivity index (χ1v) is 3.52. The van der Waals surface area contributed by atoms with Gasteiger partial charge in [0.2, 0.25) is 0 Å². The van der Waals surface area contributed by atoms with Crippen LogP contribution in [0.15, 0.2) is 0 Å². The zero-order chi connectivity index (χ0) is 6.91. The average molecular weight is 127 g/mol. The molecule has 2 heteroatoms. The zero-order valence-electron chi connectivity index (χ0n) is 5.93. The second-order valence-electron chi connectivity index (χ2n) is 3.08. The first kappa shape index (κ1) is 7.03. The Kier molecular flexibility index (Phi) is 1.78. The molecule has 1 radical (unpaired) electrons. The molecule has 0 spiro atoms. The molecule has 0 aromatic carbocycles. The van der Waals surface area contributed by atoms with Crippen molar-refractivity contribution in [2.45, 2.75) is 31.8 Å². The summed E-state index contributed by atoms with van der Waals surface area (Å²) in [7, 11) is 0. The van der Waals surface area contributed by atoms with Crippen LogP contribution in [0.5, 0.6) is 0 Å². The SMILES string of the molecule is CC1CC[CH]CC1(N)N. The predicted molar refractivity (Wildman–Crippen MR) is 38.4 cm³/mol. The molecule has 2 nitrogen and oxygen atoms in total. The molecule has 1 aliphatic carbocycles. The van der Waals surface area contributed by atoms with Gasteiger partial charge in [-0.1, -0.05) is 6.92 Å². The van der Waals surface area contributed by atoms with Crippen LogP contribution in [-0.4, -0.2) is 5.66 Å². The summed E-state index contributed by atoms with van der Waals surface area (Å²) in [4.78, 5) is 0. The third-order valence-corrected chi connectivity index (χ3v) is 2.22. The minimum absolute atomic E-state index is 0.418. The normalized spacial score (nSPS) is 34.3. The average Bonchev–Trinajstić information content (AvgIpc) is 1.77. The van der Waals surface area contributed by atoms with Gasteiger partial charge < -0.3 is 11.5 Å². The number of hydrogen-bond donors (Lipinski definition) is 2. The Hall–Kier alpha value is -0.0800. The first-order valence-electron chi connectivity index (χ1n) is 3.52. The van der Waals surface area contributed by atoms with Gasteiger partial charge in [0.15, 0.2) is 0 Å². The van der Waals surface area contributed by atoms with E-state index in [0.29, 0.717) is 5.92 Å². The van der Waals surface area contributed by atoms with Crippen LogP contribution < -0.4 is 11.5 Å². The highest BCUT2D eigenvalue weighted by Gasteiger charge is 2.29. The van der Waals surface area contributed by atoms with Gasteiger partial charge in [0, 0.05) is 0 Å². The van der Waals surface area contributed by atoms with Crippen molar-refractivity contribution in [3.8, 4) is 0 Å². The van der Waals surface area contributed by atoms with Gasteiger partial charge in [-0.25, -0.2) is 0 Å². The quantitative estimate of drug-likeness (QED) is 0.469. The van der Waals surface area contributed by atoms with E-state index in [1.165, 1.54) is 6.42 Å². The molecule has 4 N–H and O–H groups in total. The second-order valence-corrected chi connectivity index (χ2v) is 3.08. The molecule has 53 valence electrons.